The SMILES string of the molecule is CCOc1cccc(CNCc2ccccc2)c1OCc1ccccc1Cl.Cl. The Morgan fingerprint density at radius 3 is 2.25 bits per heavy atom. The van der Waals surface area contributed by atoms with Crippen molar-refractivity contribution in [2.75, 3.05) is 6.61 Å². The number of ether oxygens (including phenoxy) is 2. The van der Waals surface area contributed by atoms with E-state index in [0.29, 0.717) is 24.8 Å². The molecule has 5 heteroatoms. The lowest BCUT2D eigenvalue weighted by molar-refractivity contribution is 0.266. The van der Waals surface area contributed by atoms with Crippen molar-refractivity contribution in [2.45, 2.75) is 26.6 Å². The molecule has 3 rings (SSSR count). The van der Waals surface area contributed by atoms with Crippen LogP contribution >= 0.6 is 24.0 Å². The highest BCUT2D eigenvalue weighted by Gasteiger charge is 2.12. The van der Waals surface area contributed by atoms with Crippen LogP contribution in [0, 0.1) is 0 Å². The quantitative estimate of drug-likeness (QED) is 0.460. The van der Waals surface area contributed by atoms with E-state index in [1.54, 1.807) is 0 Å². The van der Waals surface area contributed by atoms with Crippen molar-refractivity contribution in [3.05, 3.63) is 94.5 Å². The van der Waals surface area contributed by atoms with Crippen LogP contribution in [0.4, 0.5) is 0 Å². The van der Waals surface area contributed by atoms with Gasteiger partial charge >= 0.3 is 0 Å². The van der Waals surface area contributed by atoms with E-state index in [2.05, 4.69) is 23.5 Å². The molecular formula is C23H25Cl2NO2. The normalized spacial score (nSPS) is 10.2. The summed E-state index contributed by atoms with van der Waals surface area (Å²) in [7, 11) is 0. The van der Waals surface area contributed by atoms with Gasteiger partial charge in [0.2, 0.25) is 0 Å². The van der Waals surface area contributed by atoms with Crippen molar-refractivity contribution in [2.24, 2.45) is 0 Å². The first kappa shape index (κ1) is 22.1. The molecule has 0 unspecified atom stereocenters. The Kier molecular flexibility index (Phi) is 9.15. The van der Waals surface area contributed by atoms with Crippen molar-refractivity contribution in [3.8, 4) is 11.5 Å². The molecule has 0 amide bonds. The Labute approximate surface area is 178 Å². The van der Waals surface area contributed by atoms with Gasteiger partial charge in [0.05, 0.1) is 6.61 Å². The van der Waals surface area contributed by atoms with Crippen LogP contribution in [-0.4, -0.2) is 6.61 Å². The Hall–Kier alpha value is -2.20. The van der Waals surface area contributed by atoms with E-state index >= 15 is 0 Å². The van der Waals surface area contributed by atoms with E-state index in [9.17, 15) is 0 Å². The molecule has 0 bridgehead atoms. The average molecular weight is 418 g/mol. The smallest absolute Gasteiger partial charge is 0.166 e. The fraction of sp³-hybridized carbons (Fsp3) is 0.217. The molecule has 148 valence electrons. The van der Waals surface area contributed by atoms with Crippen molar-refractivity contribution >= 4 is 24.0 Å². The fourth-order valence-electron chi connectivity index (χ4n) is 2.84. The summed E-state index contributed by atoms with van der Waals surface area (Å²) in [4.78, 5) is 0. The summed E-state index contributed by atoms with van der Waals surface area (Å²) in [5.74, 6) is 1.52. The summed E-state index contributed by atoms with van der Waals surface area (Å²) in [5, 5.41) is 4.18. The van der Waals surface area contributed by atoms with Crippen molar-refractivity contribution in [1.29, 1.82) is 0 Å². The molecule has 3 aromatic carbocycles. The Morgan fingerprint density at radius 1 is 0.786 bits per heavy atom. The van der Waals surface area contributed by atoms with Gasteiger partial charge in [-0.2, -0.15) is 0 Å². The van der Waals surface area contributed by atoms with Gasteiger partial charge in [-0.3, -0.25) is 0 Å². The molecule has 0 aromatic heterocycles. The van der Waals surface area contributed by atoms with Crippen LogP contribution in [0.5, 0.6) is 11.5 Å². The van der Waals surface area contributed by atoms with Gasteiger partial charge in [-0.1, -0.05) is 72.3 Å². The second-order valence-corrected chi connectivity index (χ2v) is 6.55. The van der Waals surface area contributed by atoms with E-state index in [0.717, 1.165) is 29.2 Å². The van der Waals surface area contributed by atoms with E-state index in [-0.39, 0.29) is 12.4 Å². The third-order valence-electron chi connectivity index (χ3n) is 4.18. The molecule has 1 N–H and O–H groups in total. The van der Waals surface area contributed by atoms with Crippen LogP contribution in [0.15, 0.2) is 72.8 Å². The van der Waals surface area contributed by atoms with Gasteiger partial charge in [0.15, 0.2) is 11.5 Å². The maximum absolute atomic E-state index is 6.26. The molecule has 0 saturated carbocycles. The minimum Gasteiger partial charge on any atom is -0.490 e. The molecule has 0 radical (unpaired) electrons. The standard InChI is InChI=1S/C23H24ClNO2.ClH/c1-2-26-22-14-8-12-19(16-25-15-18-9-4-3-5-10-18)23(22)27-17-20-11-6-7-13-21(20)24;/h3-14,25H,2,15-17H2,1H3;1H. The molecule has 0 fully saturated rings. The van der Waals surface area contributed by atoms with Crippen LogP contribution in [0.3, 0.4) is 0 Å². The number of para-hydroxylation sites is 1. The maximum atomic E-state index is 6.26. The van der Waals surface area contributed by atoms with E-state index in [1.807, 2.05) is 61.5 Å². The van der Waals surface area contributed by atoms with E-state index < -0.39 is 0 Å². The molecule has 0 saturated heterocycles. The topological polar surface area (TPSA) is 30.5 Å². The zero-order chi connectivity index (χ0) is 18.9. The van der Waals surface area contributed by atoms with Crippen molar-refractivity contribution < 1.29 is 9.47 Å². The first-order valence-electron chi connectivity index (χ1n) is 9.13. The lowest BCUT2D eigenvalue weighted by Gasteiger charge is -2.17. The minimum atomic E-state index is 0. The third-order valence-corrected chi connectivity index (χ3v) is 4.55. The molecule has 0 atom stereocenters. The van der Waals surface area contributed by atoms with Gasteiger partial charge in [-0.15, -0.1) is 12.4 Å². The van der Waals surface area contributed by atoms with E-state index in [4.69, 9.17) is 21.1 Å². The largest absolute Gasteiger partial charge is 0.490 e. The first-order valence-corrected chi connectivity index (χ1v) is 9.51. The van der Waals surface area contributed by atoms with Gasteiger partial charge < -0.3 is 14.8 Å². The molecule has 0 spiro atoms. The monoisotopic (exact) mass is 417 g/mol. The first-order chi connectivity index (χ1) is 13.3. The lowest BCUT2D eigenvalue weighted by atomic mass is 10.1. The predicted molar refractivity (Wildman–Crippen MR) is 118 cm³/mol. The van der Waals surface area contributed by atoms with Crippen molar-refractivity contribution in [3.63, 3.8) is 0 Å². The van der Waals surface area contributed by atoms with Crippen LogP contribution in [-0.2, 0) is 19.7 Å². The van der Waals surface area contributed by atoms with Crippen LogP contribution in [0.25, 0.3) is 0 Å². The average Bonchev–Trinajstić information content (AvgIpc) is 2.70. The second kappa shape index (κ2) is 11.6. The van der Waals surface area contributed by atoms with Gasteiger partial charge in [-0.05, 0) is 24.6 Å². The lowest BCUT2D eigenvalue weighted by Crippen LogP contribution is -2.14. The minimum absolute atomic E-state index is 0. The van der Waals surface area contributed by atoms with Crippen LogP contribution in [0.1, 0.15) is 23.6 Å². The molecule has 3 aromatic rings. The summed E-state index contributed by atoms with van der Waals surface area (Å²) in [6, 6.07) is 24.0. The highest BCUT2D eigenvalue weighted by atomic mass is 35.5. The van der Waals surface area contributed by atoms with Gasteiger partial charge in [0, 0.05) is 29.2 Å². The number of rotatable bonds is 9. The van der Waals surface area contributed by atoms with Gasteiger partial charge in [-0.25, -0.2) is 0 Å². The van der Waals surface area contributed by atoms with Gasteiger partial charge in [0.1, 0.15) is 6.61 Å². The second-order valence-electron chi connectivity index (χ2n) is 6.15. The summed E-state index contributed by atoms with van der Waals surface area (Å²) < 4.78 is 11.9. The summed E-state index contributed by atoms with van der Waals surface area (Å²) >= 11 is 6.26. The highest BCUT2D eigenvalue weighted by Crippen LogP contribution is 2.32. The summed E-state index contributed by atoms with van der Waals surface area (Å²) in [6.07, 6.45) is 0. The van der Waals surface area contributed by atoms with Crippen molar-refractivity contribution in [1.82, 2.24) is 5.32 Å². The maximum Gasteiger partial charge on any atom is 0.166 e. The summed E-state index contributed by atoms with van der Waals surface area (Å²) in [5.41, 5.74) is 3.26. The number of benzene rings is 3. The predicted octanol–water partition coefficient (Wildman–Crippen LogP) is 6.03. The molecule has 0 aliphatic rings. The van der Waals surface area contributed by atoms with Crippen LogP contribution < -0.4 is 14.8 Å². The highest BCUT2D eigenvalue weighted by molar-refractivity contribution is 6.31. The Bertz CT molecular complexity index is 856. The molecule has 28 heavy (non-hydrogen) atoms. The fourth-order valence-corrected chi connectivity index (χ4v) is 3.03. The Balaban J connectivity index is 0.00000280. The molecule has 0 heterocycles. The van der Waals surface area contributed by atoms with Crippen LogP contribution in [0.2, 0.25) is 5.02 Å². The third kappa shape index (κ3) is 6.16. The number of nitrogens with one attached hydrogen (secondary N) is 1. The zero-order valence-corrected chi connectivity index (χ0v) is 17.4. The molecule has 0 aliphatic heterocycles. The van der Waals surface area contributed by atoms with Gasteiger partial charge in [0.25, 0.3) is 0 Å². The number of hydrogen-bond acceptors (Lipinski definition) is 3. The zero-order valence-electron chi connectivity index (χ0n) is 15.9. The Morgan fingerprint density at radius 2 is 1.50 bits per heavy atom. The summed E-state index contributed by atoms with van der Waals surface area (Å²) in [6.45, 7) is 4.44. The molecule has 0 aliphatic carbocycles. The number of hydrogen-bond donors (Lipinski definition) is 1. The van der Waals surface area contributed by atoms with E-state index in [1.165, 1.54) is 5.56 Å². The molecule has 3 nitrogen and oxygen atoms in total. The number of halogens is 2. The molecular weight excluding hydrogens is 393 g/mol.